The predicted molar refractivity (Wildman–Crippen MR) is 115 cm³/mol. The molecule has 2 unspecified atom stereocenters. The van der Waals surface area contributed by atoms with E-state index < -0.39 is 21.5 Å². The van der Waals surface area contributed by atoms with E-state index in [2.05, 4.69) is 37.4 Å². The number of hydrogen-bond donors (Lipinski definition) is 3. The quantitative estimate of drug-likeness (QED) is 0.110. The van der Waals surface area contributed by atoms with E-state index in [1.807, 2.05) is 9.89 Å². The van der Waals surface area contributed by atoms with Gasteiger partial charge in [0.2, 0.25) is 0 Å². The van der Waals surface area contributed by atoms with E-state index in [-0.39, 0.29) is 19.9 Å². The molecule has 0 spiro atoms. The Morgan fingerprint density at radius 2 is 2.14 bits per heavy atom. The molecule has 0 amide bonds. The first-order valence-electron chi connectivity index (χ1n) is 7.39. The van der Waals surface area contributed by atoms with Gasteiger partial charge in [0, 0.05) is 6.21 Å². The van der Waals surface area contributed by atoms with Crippen molar-refractivity contribution in [3.05, 3.63) is 28.4 Å². The van der Waals surface area contributed by atoms with Crippen molar-refractivity contribution < 1.29 is 32.2 Å². The number of rotatable bonds is 14. The van der Waals surface area contributed by atoms with Crippen molar-refractivity contribution in [2.24, 2.45) is 14.9 Å². The van der Waals surface area contributed by atoms with E-state index in [0.29, 0.717) is 11.5 Å². The Labute approximate surface area is 175 Å². The summed E-state index contributed by atoms with van der Waals surface area (Å²) in [6.45, 7) is 5.18. The first kappa shape index (κ1) is 26.3. The second-order valence-corrected chi connectivity index (χ2v) is 13.6. The number of hydrogen-bond acceptors (Lipinski definition) is 13. The summed E-state index contributed by atoms with van der Waals surface area (Å²) in [4.78, 5) is 51.0. The number of aliphatic imine (C=N–C) groups is 1. The maximum atomic E-state index is 11.9. The van der Waals surface area contributed by atoms with Gasteiger partial charge in [0.25, 0.3) is 0 Å². The summed E-state index contributed by atoms with van der Waals surface area (Å²) < 4.78 is 32.6. The van der Waals surface area contributed by atoms with Gasteiger partial charge in [0.15, 0.2) is 0 Å². The molecular formula is C10H18N5O9P3S2. The van der Waals surface area contributed by atoms with Crippen molar-refractivity contribution in [2.45, 2.75) is 13.7 Å². The standard InChI is InChI=1S/C10H18N5O9P3S2/c1-3-9-10(11-4-2)15(7-12-9)8-21-5-6-22-27(28,29)24-26(20,14-17)23-25(18,19)13-16/h3-4,7,18-19,25H,1,5-6,8H2,2H3,(H,28,29)/b11-4-. The molecule has 1 heterocycles. The van der Waals surface area contributed by atoms with Crippen molar-refractivity contribution in [3.63, 3.8) is 0 Å². The van der Waals surface area contributed by atoms with Crippen LogP contribution in [0.4, 0.5) is 5.82 Å². The molecule has 1 rings (SSSR count). The number of aromatic nitrogens is 2. The van der Waals surface area contributed by atoms with Crippen molar-refractivity contribution >= 4 is 63.7 Å². The van der Waals surface area contributed by atoms with Crippen LogP contribution in [0.15, 0.2) is 27.8 Å². The van der Waals surface area contributed by atoms with Crippen LogP contribution in [-0.2, 0) is 41.0 Å². The Bertz CT molecular complexity index is 864. The first-order valence-corrected chi connectivity index (χ1v) is 14.4. The fourth-order valence-corrected chi connectivity index (χ4v) is 7.29. The minimum Gasteiger partial charge on any atom is -0.0292 e. The van der Waals surface area contributed by atoms with Gasteiger partial charge in [0.05, 0.1) is 0 Å². The third kappa shape index (κ3) is 8.87. The van der Waals surface area contributed by atoms with Gasteiger partial charge < -0.3 is 0 Å². The second kappa shape index (κ2) is 11.6. The monoisotopic (exact) mass is 509 g/mol. The van der Waals surface area contributed by atoms with Gasteiger partial charge in [-0.1, -0.05) is 6.58 Å². The molecule has 2 atom stereocenters. The summed E-state index contributed by atoms with van der Waals surface area (Å²) in [7, 11) is -10.4. The number of nitroso groups, excluding NO2 is 2. The van der Waals surface area contributed by atoms with Crippen LogP contribution in [0.3, 0.4) is 0 Å². The summed E-state index contributed by atoms with van der Waals surface area (Å²) in [5.41, 5.74) is -3.13. The average Bonchev–Trinajstić information content (AvgIpc) is 3.02. The van der Waals surface area contributed by atoms with Crippen LogP contribution in [0, 0.1) is 9.81 Å². The van der Waals surface area contributed by atoms with Crippen LogP contribution in [0.1, 0.15) is 12.6 Å². The minimum atomic E-state index is -5.31. The van der Waals surface area contributed by atoms with Crippen LogP contribution in [0.2, 0.25) is 0 Å². The van der Waals surface area contributed by atoms with Gasteiger partial charge >= 0.3 is 150 Å². The zero-order chi connectivity index (χ0) is 22.1. The molecule has 1 aromatic heterocycles. The summed E-state index contributed by atoms with van der Waals surface area (Å²) in [5, 5.41) is 0. The molecule has 0 fully saturated rings. The molecule has 0 aliphatic carbocycles. The van der Waals surface area contributed by atoms with Gasteiger partial charge in [-0.25, -0.2) is 0 Å². The van der Waals surface area contributed by atoms with Gasteiger partial charge in [-0.3, -0.25) is 0 Å². The topological polar surface area (TPSA) is 183 Å². The third-order valence-corrected chi connectivity index (χ3v) is 9.08. The molecule has 14 nitrogen and oxygen atoms in total. The van der Waals surface area contributed by atoms with Crippen molar-refractivity contribution in [3.8, 4) is 0 Å². The van der Waals surface area contributed by atoms with E-state index in [4.69, 9.17) is 30.9 Å². The Balaban J connectivity index is 2.57. The minimum absolute atomic E-state index is 0.0343. The summed E-state index contributed by atoms with van der Waals surface area (Å²) in [6.07, 6.45) is 4.61. The zero-order valence-corrected chi connectivity index (χ0v) is 19.3. The molecule has 0 saturated carbocycles. The molecule has 0 aromatic carbocycles. The van der Waals surface area contributed by atoms with E-state index in [1.165, 1.54) is 12.4 Å². The Morgan fingerprint density at radius 1 is 1.45 bits per heavy atom. The average molecular weight is 509 g/mol. The van der Waals surface area contributed by atoms with E-state index in [1.54, 1.807) is 17.7 Å². The number of ether oxygens (including phenoxy) is 1. The number of nitrogens with zero attached hydrogens (tertiary/aromatic N) is 5. The maximum absolute atomic E-state index is 11.9. The van der Waals surface area contributed by atoms with Crippen LogP contribution in [0.25, 0.3) is 6.08 Å². The first-order chi connectivity index (χ1) is 13.5. The molecule has 0 aliphatic rings. The molecule has 0 aliphatic heterocycles. The Hall–Kier alpha value is -0.760. The summed E-state index contributed by atoms with van der Waals surface area (Å²) in [6, 6.07) is 0. The molecule has 29 heavy (non-hydrogen) atoms. The van der Waals surface area contributed by atoms with Gasteiger partial charge in [-0.2, -0.15) is 0 Å². The molecule has 0 radical (unpaired) electrons. The SMILES string of the molecule is C=Cc1ncn(COCCOP(=S)(S)OP(=O)(N=O)O[PH](O)(O)N=O)c1/N=C\C. The van der Waals surface area contributed by atoms with Crippen molar-refractivity contribution in [1.29, 1.82) is 0 Å². The van der Waals surface area contributed by atoms with Crippen LogP contribution >= 0.6 is 33.8 Å². The van der Waals surface area contributed by atoms with Crippen LogP contribution in [-0.4, -0.2) is 38.8 Å². The van der Waals surface area contributed by atoms with E-state index >= 15 is 0 Å². The molecule has 19 heteroatoms. The normalized spacial score (nSPS) is 16.8. The number of imidazole rings is 1. The fraction of sp³-hybridized carbons (Fsp3) is 0.400. The van der Waals surface area contributed by atoms with E-state index in [0.717, 1.165) is 0 Å². The Kier molecular flexibility index (Phi) is 10.5. The fourth-order valence-electron chi connectivity index (χ4n) is 1.64. The molecule has 0 saturated heterocycles. The Morgan fingerprint density at radius 3 is 2.69 bits per heavy atom. The summed E-state index contributed by atoms with van der Waals surface area (Å²) >= 11 is 8.64. The zero-order valence-electron chi connectivity index (χ0n) is 14.8. The number of thiol groups is 1. The van der Waals surface area contributed by atoms with Gasteiger partial charge in [-0.05, 0) is 13.0 Å². The summed E-state index contributed by atoms with van der Waals surface area (Å²) in [5.74, 6) is 0.533. The van der Waals surface area contributed by atoms with Crippen LogP contribution < -0.4 is 0 Å². The van der Waals surface area contributed by atoms with Gasteiger partial charge in [-0.15, -0.1) is 0 Å². The predicted octanol–water partition coefficient (Wildman–Crippen LogP) is 3.46. The molecule has 1 aromatic rings. The molecule has 164 valence electrons. The van der Waals surface area contributed by atoms with Crippen LogP contribution in [0.5, 0.6) is 0 Å². The van der Waals surface area contributed by atoms with Gasteiger partial charge in [0.1, 0.15) is 0 Å². The smallest absolute Gasteiger partial charge is 0.0292 e. The molecule has 0 bridgehead atoms. The second-order valence-electron chi connectivity index (χ2n) is 4.74. The molecule has 2 N–H and O–H groups in total. The van der Waals surface area contributed by atoms with Crippen molar-refractivity contribution in [1.82, 2.24) is 9.55 Å². The van der Waals surface area contributed by atoms with Crippen molar-refractivity contribution in [2.75, 3.05) is 13.2 Å². The molecular weight excluding hydrogens is 491 g/mol. The third-order valence-electron chi connectivity index (χ3n) is 2.66. The van der Waals surface area contributed by atoms with E-state index in [9.17, 15) is 14.4 Å².